The van der Waals surface area contributed by atoms with Gasteiger partial charge < -0.3 is 9.30 Å². The summed E-state index contributed by atoms with van der Waals surface area (Å²) in [5.74, 6) is -0.722. The number of thiazole rings is 1. The SMILES string of the molecule is COCCn1c(=NC(=O)c2ccccc2S(C)(=O)=O)sc2cc(S(N)(=O)=O)ccc21. The number of carbonyl (C=O) groups is 1. The van der Waals surface area contributed by atoms with Crippen molar-refractivity contribution in [1.29, 1.82) is 0 Å². The molecule has 0 saturated carbocycles. The molecule has 9 nitrogen and oxygen atoms in total. The number of nitrogens with zero attached hydrogens (tertiary/aromatic N) is 2. The summed E-state index contributed by atoms with van der Waals surface area (Å²) in [6.07, 6.45) is 1.02. The third-order valence-corrected chi connectivity index (χ3v) is 7.32. The van der Waals surface area contributed by atoms with Crippen LogP contribution >= 0.6 is 11.3 Å². The van der Waals surface area contributed by atoms with Gasteiger partial charge in [0.2, 0.25) is 10.0 Å². The van der Waals surface area contributed by atoms with E-state index in [1.807, 2.05) is 0 Å². The van der Waals surface area contributed by atoms with E-state index in [-0.39, 0.29) is 20.2 Å². The zero-order valence-corrected chi connectivity index (χ0v) is 18.6. The molecule has 30 heavy (non-hydrogen) atoms. The Hall–Kier alpha value is -2.38. The van der Waals surface area contributed by atoms with Crippen molar-refractivity contribution in [3.63, 3.8) is 0 Å². The number of sulfone groups is 1. The molecule has 3 aromatic rings. The second kappa shape index (κ2) is 8.40. The van der Waals surface area contributed by atoms with Gasteiger partial charge in [0, 0.05) is 19.9 Å². The maximum absolute atomic E-state index is 12.8. The maximum Gasteiger partial charge on any atom is 0.280 e. The summed E-state index contributed by atoms with van der Waals surface area (Å²) < 4.78 is 54.7. The van der Waals surface area contributed by atoms with Gasteiger partial charge in [0.25, 0.3) is 5.91 Å². The highest BCUT2D eigenvalue weighted by Crippen LogP contribution is 2.22. The highest BCUT2D eigenvalue weighted by Gasteiger charge is 2.19. The first-order chi connectivity index (χ1) is 14.0. The van der Waals surface area contributed by atoms with Gasteiger partial charge >= 0.3 is 0 Å². The number of nitrogens with two attached hydrogens (primary N) is 1. The quantitative estimate of drug-likeness (QED) is 0.575. The van der Waals surface area contributed by atoms with E-state index in [9.17, 15) is 21.6 Å². The number of aromatic nitrogens is 1. The zero-order chi connectivity index (χ0) is 22.1. The third kappa shape index (κ3) is 4.68. The largest absolute Gasteiger partial charge is 0.383 e. The van der Waals surface area contributed by atoms with E-state index in [2.05, 4.69) is 4.99 Å². The lowest BCUT2D eigenvalue weighted by Gasteiger charge is -2.06. The fourth-order valence-electron chi connectivity index (χ4n) is 2.83. The summed E-state index contributed by atoms with van der Waals surface area (Å²) in [5, 5.41) is 5.20. The van der Waals surface area contributed by atoms with Crippen LogP contribution in [0.3, 0.4) is 0 Å². The standard InChI is InChI=1S/C18H19N3O6S3/c1-27-10-9-21-14-8-7-12(30(19,25)26)11-15(14)28-18(21)20-17(22)13-5-3-4-6-16(13)29(2,23)24/h3-8,11H,9-10H2,1-2H3,(H2,19,25,26). The van der Waals surface area contributed by atoms with Crippen molar-refractivity contribution in [2.45, 2.75) is 16.3 Å². The van der Waals surface area contributed by atoms with Crippen LogP contribution in [0.15, 0.2) is 57.2 Å². The Morgan fingerprint density at radius 2 is 1.87 bits per heavy atom. The van der Waals surface area contributed by atoms with E-state index in [0.29, 0.717) is 23.4 Å². The van der Waals surface area contributed by atoms with Crippen molar-refractivity contribution >= 4 is 47.3 Å². The average molecular weight is 470 g/mol. The molecule has 0 fully saturated rings. The highest BCUT2D eigenvalue weighted by atomic mass is 32.2. The lowest BCUT2D eigenvalue weighted by molar-refractivity contribution is 0.0994. The summed E-state index contributed by atoms with van der Waals surface area (Å²) in [5.41, 5.74) is 0.605. The van der Waals surface area contributed by atoms with Crippen LogP contribution in [-0.4, -0.2) is 47.3 Å². The van der Waals surface area contributed by atoms with Gasteiger partial charge in [0.1, 0.15) is 0 Å². The Balaban J connectivity index is 2.22. The normalized spacial score (nSPS) is 13.1. The lowest BCUT2D eigenvalue weighted by Crippen LogP contribution is -2.20. The fourth-order valence-corrected chi connectivity index (χ4v) is 5.42. The summed E-state index contributed by atoms with van der Waals surface area (Å²) in [4.78, 5) is 17.1. The van der Waals surface area contributed by atoms with Crippen LogP contribution in [-0.2, 0) is 31.1 Å². The van der Waals surface area contributed by atoms with Crippen LogP contribution < -0.4 is 9.94 Å². The Morgan fingerprint density at radius 1 is 1.17 bits per heavy atom. The molecule has 1 heterocycles. The smallest absolute Gasteiger partial charge is 0.280 e. The highest BCUT2D eigenvalue weighted by molar-refractivity contribution is 7.90. The summed E-state index contributed by atoms with van der Waals surface area (Å²) in [6, 6.07) is 10.2. The first-order valence-corrected chi connectivity index (χ1v) is 12.8. The summed E-state index contributed by atoms with van der Waals surface area (Å²) in [6.45, 7) is 0.676. The molecule has 0 radical (unpaired) electrons. The minimum Gasteiger partial charge on any atom is -0.383 e. The molecule has 0 bridgehead atoms. The molecule has 1 amide bonds. The van der Waals surface area contributed by atoms with Crippen LogP contribution in [0.25, 0.3) is 10.2 Å². The number of hydrogen-bond acceptors (Lipinski definition) is 7. The molecule has 0 unspecified atom stereocenters. The topological polar surface area (TPSA) is 138 Å². The van der Waals surface area contributed by atoms with Gasteiger partial charge in [-0.15, -0.1) is 0 Å². The van der Waals surface area contributed by atoms with Crippen LogP contribution in [0.4, 0.5) is 0 Å². The molecule has 0 aliphatic heterocycles. The van der Waals surface area contributed by atoms with Crippen molar-refractivity contribution in [3.8, 4) is 0 Å². The molecule has 0 aliphatic rings. The Labute approximate surface area is 177 Å². The van der Waals surface area contributed by atoms with E-state index in [1.165, 1.54) is 37.4 Å². The molecule has 2 aromatic carbocycles. The number of sulfonamides is 1. The van der Waals surface area contributed by atoms with Gasteiger partial charge in [-0.25, -0.2) is 22.0 Å². The zero-order valence-electron chi connectivity index (χ0n) is 16.1. The van der Waals surface area contributed by atoms with Gasteiger partial charge in [-0.1, -0.05) is 23.5 Å². The molecular weight excluding hydrogens is 450 g/mol. The van der Waals surface area contributed by atoms with E-state index in [4.69, 9.17) is 9.88 Å². The van der Waals surface area contributed by atoms with Gasteiger partial charge in [0.15, 0.2) is 14.6 Å². The van der Waals surface area contributed by atoms with Crippen LogP contribution in [0.1, 0.15) is 10.4 Å². The first kappa shape index (κ1) is 22.3. The van der Waals surface area contributed by atoms with Crippen LogP contribution in [0, 0.1) is 0 Å². The second-order valence-electron chi connectivity index (χ2n) is 6.39. The molecule has 2 N–H and O–H groups in total. The fraction of sp³-hybridized carbons (Fsp3) is 0.222. The number of hydrogen-bond donors (Lipinski definition) is 1. The van der Waals surface area contributed by atoms with Gasteiger partial charge in [-0.05, 0) is 30.3 Å². The van der Waals surface area contributed by atoms with E-state index in [0.717, 1.165) is 17.6 Å². The Morgan fingerprint density at radius 3 is 2.50 bits per heavy atom. The number of ether oxygens (including phenoxy) is 1. The Bertz CT molecular complexity index is 1400. The molecule has 1 aromatic heterocycles. The first-order valence-electron chi connectivity index (χ1n) is 8.55. The summed E-state index contributed by atoms with van der Waals surface area (Å²) >= 11 is 1.09. The number of amides is 1. The average Bonchev–Trinajstić information content (AvgIpc) is 3.01. The van der Waals surface area contributed by atoms with E-state index < -0.39 is 25.8 Å². The maximum atomic E-state index is 12.8. The predicted molar refractivity (Wildman–Crippen MR) is 113 cm³/mol. The van der Waals surface area contributed by atoms with Crippen molar-refractivity contribution in [1.82, 2.24) is 4.57 Å². The molecule has 0 aliphatic carbocycles. The van der Waals surface area contributed by atoms with Crippen molar-refractivity contribution in [2.75, 3.05) is 20.0 Å². The van der Waals surface area contributed by atoms with Crippen LogP contribution in [0.5, 0.6) is 0 Å². The molecule has 3 rings (SSSR count). The number of carbonyl (C=O) groups excluding carboxylic acids is 1. The summed E-state index contributed by atoms with van der Waals surface area (Å²) in [7, 11) is -5.99. The van der Waals surface area contributed by atoms with Crippen molar-refractivity contribution in [2.24, 2.45) is 10.1 Å². The number of primary sulfonamides is 1. The molecular formula is C18H19N3O6S3. The number of fused-ring (bicyclic) bond motifs is 1. The van der Waals surface area contributed by atoms with Crippen molar-refractivity contribution < 1.29 is 26.4 Å². The molecule has 0 spiro atoms. The van der Waals surface area contributed by atoms with E-state index >= 15 is 0 Å². The Kier molecular flexibility index (Phi) is 6.24. The second-order valence-corrected chi connectivity index (χ2v) is 10.9. The lowest BCUT2D eigenvalue weighted by atomic mass is 10.2. The van der Waals surface area contributed by atoms with E-state index in [1.54, 1.807) is 16.7 Å². The minimum absolute atomic E-state index is 0.0408. The molecule has 160 valence electrons. The number of rotatable bonds is 6. The number of methoxy groups -OCH3 is 1. The third-order valence-electron chi connectivity index (χ3n) is 4.22. The minimum atomic E-state index is -3.89. The number of benzene rings is 2. The molecule has 12 heteroatoms. The van der Waals surface area contributed by atoms with Crippen molar-refractivity contribution in [3.05, 3.63) is 52.8 Å². The van der Waals surface area contributed by atoms with Gasteiger partial charge in [-0.2, -0.15) is 4.99 Å². The van der Waals surface area contributed by atoms with Gasteiger partial charge in [-0.3, -0.25) is 4.79 Å². The van der Waals surface area contributed by atoms with Crippen LogP contribution in [0.2, 0.25) is 0 Å². The monoisotopic (exact) mass is 469 g/mol. The predicted octanol–water partition coefficient (Wildman–Crippen LogP) is 1.14. The van der Waals surface area contributed by atoms with Gasteiger partial charge in [0.05, 0.1) is 32.2 Å². The molecule has 0 saturated heterocycles. The molecule has 0 atom stereocenters.